The van der Waals surface area contributed by atoms with Crippen molar-refractivity contribution in [1.29, 1.82) is 0 Å². The van der Waals surface area contributed by atoms with Gasteiger partial charge in [-0.1, -0.05) is 145 Å². The smallest absolute Gasteiger partial charge is 0.238 e. The molecule has 10 aromatic rings. The van der Waals surface area contributed by atoms with Crippen molar-refractivity contribution in [3.8, 4) is 39.9 Å². The molecule has 0 aliphatic carbocycles. The quantitative estimate of drug-likeness (QED) is 0.192. The molecule has 48 heavy (non-hydrogen) atoms. The summed E-state index contributed by atoms with van der Waals surface area (Å²) in [5.41, 5.74) is 2.31. The first kappa shape index (κ1) is 18.8. The van der Waals surface area contributed by atoms with Crippen LogP contribution in [0.25, 0.3) is 92.6 Å². The molecule has 0 aliphatic heterocycles. The molecule has 0 saturated heterocycles. The third kappa shape index (κ3) is 4.11. The van der Waals surface area contributed by atoms with Crippen molar-refractivity contribution in [2.24, 2.45) is 0 Å². The zero-order chi connectivity index (χ0) is 40.3. The van der Waals surface area contributed by atoms with E-state index in [0.717, 1.165) is 52.8 Å². The number of para-hydroxylation sites is 1. The molecule has 4 nitrogen and oxygen atoms in total. The molecule has 0 N–H and O–H groups in total. The maximum absolute atomic E-state index is 8.87. The fraction of sp³-hybridized carbons (Fsp3) is 0. The van der Waals surface area contributed by atoms with E-state index in [1.54, 1.807) is 35.6 Å². The highest BCUT2D eigenvalue weighted by molar-refractivity contribution is 7.27. The van der Waals surface area contributed by atoms with Crippen LogP contribution in [0.2, 0.25) is 0 Å². The van der Waals surface area contributed by atoms with Crippen LogP contribution in [0.4, 0.5) is 0 Å². The van der Waals surface area contributed by atoms with Crippen LogP contribution in [0, 0.1) is 0 Å². The van der Waals surface area contributed by atoms with Gasteiger partial charge in [0.05, 0.1) is 29.4 Å². The summed E-state index contributed by atoms with van der Waals surface area (Å²) in [6.07, 6.45) is 0. The predicted molar refractivity (Wildman–Crippen MR) is 201 cm³/mol. The first-order valence-electron chi connectivity index (χ1n) is 20.2. The predicted octanol–water partition coefficient (Wildman–Crippen LogP) is 11.5. The van der Waals surface area contributed by atoms with Gasteiger partial charge in [-0.2, -0.15) is 9.97 Å². The van der Waals surface area contributed by atoms with Crippen LogP contribution in [-0.4, -0.2) is 19.5 Å². The largest absolute Gasteiger partial charge is 0.276 e. The number of nitrogens with zero attached hydrogens (tertiary/aromatic N) is 4. The second-order valence-electron chi connectivity index (χ2n) is 11.3. The number of thiophene rings is 1. The molecule has 0 aliphatic rings. The molecule has 3 aromatic heterocycles. The van der Waals surface area contributed by atoms with E-state index in [2.05, 4.69) is 30.3 Å². The minimum absolute atomic E-state index is 0.0403. The highest BCUT2D eigenvalue weighted by Crippen LogP contribution is 2.47. The number of hydrogen-bond acceptors (Lipinski definition) is 4. The van der Waals surface area contributed by atoms with E-state index in [1.807, 2.05) is 47.0 Å². The molecule has 0 spiro atoms. The topological polar surface area (TPSA) is 43.6 Å². The average Bonchev–Trinajstić information content (AvgIpc) is 3.81. The van der Waals surface area contributed by atoms with Crippen LogP contribution < -0.4 is 0 Å². The second kappa shape index (κ2) is 10.7. The van der Waals surface area contributed by atoms with Crippen molar-refractivity contribution in [3.05, 3.63) is 157 Å². The molecule has 7 aromatic carbocycles. The van der Waals surface area contributed by atoms with E-state index >= 15 is 0 Å². The Bertz CT molecular complexity index is 3360. The van der Waals surface area contributed by atoms with Gasteiger partial charge in [0.25, 0.3) is 0 Å². The van der Waals surface area contributed by atoms with E-state index in [-0.39, 0.29) is 40.8 Å². The summed E-state index contributed by atoms with van der Waals surface area (Å²) in [7, 11) is 0. The van der Waals surface area contributed by atoms with Crippen molar-refractivity contribution in [3.63, 3.8) is 0 Å². The van der Waals surface area contributed by atoms with Crippen molar-refractivity contribution in [2.75, 3.05) is 0 Å². The molecule has 0 saturated carbocycles. The van der Waals surface area contributed by atoms with Crippen LogP contribution >= 0.6 is 11.3 Å². The Kier molecular flexibility index (Phi) is 4.20. The molecule has 0 amide bonds. The van der Waals surface area contributed by atoms with Crippen molar-refractivity contribution in [1.82, 2.24) is 19.5 Å². The Labute approximate surface area is 294 Å². The minimum Gasteiger partial charge on any atom is -0.276 e. The number of hydrogen-bond donors (Lipinski definition) is 0. The summed E-state index contributed by atoms with van der Waals surface area (Å²) in [5.74, 6) is 0.145. The Morgan fingerprint density at radius 2 is 1.04 bits per heavy atom. The van der Waals surface area contributed by atoms with Gasteiger partial charge in [0.2, 0.25) is 5.95 Å². The molecular formula is C43H26N4S. The van der Waals surface area contributed by atoms with E-state index in [1.165, 1.54) is 0 Å². The van der Waals surface area contributed by atoms with Crippen LogP contribution in [0.5, 0.6) is 0 Å². The first-order chi connectivity index (χ1) is 28.0. The Morgan fingerprint density at radius 1 is 0.479 bits per heavy atom. The van der Waals surface area contributed by atoms with Gasteiger partial charge in [-0.05, 0) is 34.0 Å². The maximum Gasteiger partial charge on any atom is 0.238 e. The van der Waals surface area contributed by atoms with Gasteiger partial charge in [0.15, 0.2) is 11.6 Å². The highest BCUT2D eigenvalue weighted by Gasteiger charge is 2.23. The fourth-order valence-corrected chi connectivity index (χ4v) is 7.84. The zero-order valence-electron chi connectivity index (χ0n) is 34.9. The molecule has 0 unspecified atom stereocenters. The molecule has 0 fully saturated rings. The van der Waals surface area contributed by atoms with Crippen molar-refractivity contribution in [2.45, 2.75) is 0 Å². The third-order valence-corrected chi connectivity index (χ3v) is 9.81. The van der Waals surface area contributed by atoms with Crippen LogP contribution in [0.1, 0.15) is 13.7 Å². The van der Waals surface area contributed by atoms with Gasteiger partial charge in [-0.25, -0.2) is 4.98 Å². The van der Waals surface area contributed by atoms with E-state index in [9.17, 15) is 0 Å². The number of aromatic nitrogens is 4. The number of rotatable bonds is 4. The summed E-state index contributed by atoms with van der Waals surface area (Å²) >= 11 is 1.65. The molecule has 0 atom stereocenters. The summed E-state index contributed by atoms with van der Waals surface area (Å²) in [6.45, 7) is 0. The summed E-state index contributed by atoms with van der Waals surface area (Å²) in [6, 6.07) is 26.4. The number of fused-ring (bicyclic) bond motifs is 10. The summed E-state index contributed by atoms with van der Waals surface area (Å²) < 4.78 is 88.3. The van der Waals surface area contributed by atoms with Crippen LogP contribution in [0.3, 0.4) is 0 Å². The molecule has 0 bridgehead atoms. The van der Waals surface area contributed by atoms with E-state index < -0.39 is 48.3 Å². The lowest BCUT2D eigenvalue weighted by atomic mass is 9.99. The third-order valence-electron chi connectivity index (χ3n) is 8.63. The van der Waals surface area contributed by atoms with Gasteiger partial charge in [0, 0.05) is 37.4 Å². The van der Waals surface area contributed by atoms with Crippen molar-refractivity contribution >= 4 is 64.1 Å². The average molecular weight is 641 g/mol. The SMILES string of the molecule is [2H]c1c([2H])c([2H])c(-c2ccc(-c3nc(-c4c([2H])c([2H])c([2H])c([2H])c4[2H])nc(-n4c5ccccc5c5c6ccccc6c6c7ccccc7sc6c54)n3)cc2)c([2H])c1[2H]. The van der Waals surface area contributed by atoms with Gasteiger partial charge in [-0.3, -0.25) is 4.57 Å². The minimum atomic E-state index is -0.544. The monoisotopic (exact) mass is 640 g/mol. The maximum atomic E-state index is 8.87. The van der Waals surface area contributed by atoms with E-state index in [4.69, 9.17) is 28.7 Å². The summed E-state index contributed by atoms with van der Waals surface area (Å²) in [4.78, 5) is 14.7. The molecule has 0 radical (unpaired) electrons. The van der Waals surface area contributed by atoms with Crippen molar-refractivity contribution < 1.29 is 13.7 Å². The first-order valence-corrected chi connectivity index (χ1v) is 16.0. The standard InChI is InChI=1S/C43H26N4S/c1-3-13-27(14-4-1)28-23-25-30(26-24-28)42-44-41(29-15-5-2-6-16-29)45-43(46-42)47-35-21-11-9-19-33(35)37-31-17-7-8-18-32(31)38-34-20-10-12-22-36(34)48-40(38)39(37)47/h1-26H/i1D,2D,3D,4D,5D,6D,13D,14D,15D,16D. The van der Waals surface area contributed by atoms with E-state index in [0.29, 0.717) is 11.1 Å². The number of benzene rings is 7. The Morgan fingerprint density at radius 3 is 1.77 bits per heavy atom. The van der Waals surface area contributed by atoms with Gasteiger partial charge >= 0.3 is 0 Å². The lowest BCUT2D eigenvalue weighted by Crippen LogP contribution is -2.06. The summed E-state index contributed by atoms with van der Waals surface area (Å²) in [5, 5.41) is 6.25. The van der Waals surface area contributed by atoms with Gasteiger partial charge in [-0.15, -0.1) is 11.3 Å². The Balaban J connectivity index is 1.31. The molecule has 5 heteroatoms. The lowest BCUT2D eigenvalue weighted by Gasteiger charge is -2.12. The fourth-order valence-electron chi connectivity index (χ4n) is 6.58. The highest BCUT2D eigenvalue weighted by atomic mass is 32.1. The zero-order valence-corrected chi connectivity index (χ0v) is 25.8. The van der Waals surface area contributed by atoms with Gasteiger partial charge < -0.3 is 0 Å². The van der Waals surface area contributed by atoms with Crippen LogP contribution in [-0.2, 0) is 0 Å². The van der Waals surface area contributed by atoms with Gasteiger partial charge in [0.1, 0.15) is 0 Å². The van der Waals surface area contributed by atoms with Crippen LogP contribution in [0.15, 0.2) is 157 Å². The molecule has 224 valence electrons. The normalized spacial score (nSPS) is 14.7. The molecule has 3 heterocycles. The Hall–Kier alpha value is -6.17. The molecule has 10 rings (SSSR count). The molecular weight excluding hydrogens is 605 g/mol. The second-order valence-corrected chi connectivity index (χ2v) is 12.3. The lowest BCUT2D eigenvalue weighted by molar-refractivity contribution is 0.955.